The van der Waals surface area contributed by atoms with Crippen LogP contribution in [0.2, 0.25) is 0 Å². The molecule has 1 N–H and O–H groups in total. The number of likely N-dealkylation sites (N-methyl/N-ethyl adjacent to an activating group) is 1. The van der Waals surface area contributed by atoms with E-state index in [1.54, 1.807) is 0 Å². The second-order valence-corrected chi connectivity index (χ2v) is 6.50. The SMILES string of the molecule is CCN1CCN(C[C@@H](C)CNc2ccc(Br)cn2)CC1. The van der Waals surface area contributed by atoms with Gasteiger partial charge >= 0.3 is 0 Å². The van der Waals surface area contributed by atoms with Crippen LogP contribution in [0.4, 0.5) is 5.82 Å². The summed E-state index contributed by atoms with van der Waals surface area (Å²) in [6.45, 7) is 12.7. The Kier molecular flexibility index (Phi) is 6.26. The lowest BCUT2D eigenvalue weighted by Crippen LogP contribution is -2.47. The van der Waals surface area contributed by atoms with Gasteiger partial charge in [0.15, 0.2) is 0 Å². The molecule has 0 radical (unpaired) electrons. The van der Waals surface area contributed by atoms with E-state index >= 15 is 0 Å². The van der Waals surface area contributed by atoms with E-state index in [9.17, 15) is 0 Å². The predicted molar refractivity (Wildman–Crippen MR) is 88.1 cm³/mol. The summed E-state index contributed by atoms with van der Waals surface area (Å²) in [6.07, 6.45) is 1.83. The molecule has 2 rings (SSSR count). The van der Waals surface area contributed by atoms with Gasteiger partial charge in [-0.2, -0.15) is 0 Å². The third-order valence-corrected chi connectivity index (χ3v) is 4.31. The fraction of sp³-hybridized carbons (Fsp3) is 0.667. The molecule has 0 aromatic carbocycles. The van der Waals surface area contributed by atoms with Crippen molar-refractivity contribution in [1.29, 1.82) is 0 Å². The zero-order valence-corrected chi connectivity index (χ0v) is 14.1. The Bertz CT molecular complexity index is 387. The summed E-state index contributed by atoms with van der Waals surface area (Å²) in [5.41, 5.74) is 0. The van der Waals surface area contributed by atoms with Crippen LogP contribution in [0.5, 0.6) is 0 Å². The van der Waals surface area contributed by atoms with E-state index in [0.29, 0.717) is 5.92 Å². The highest BCUT2D eigenvalue weighted by Gasteiger charge is 2.17. The molecule has 0 aliphatic carbocycles. The van der Waals surface area contributed by atoms with Crippen LogP contribution in [0.15, 0.2) is 22.8 Å². The summed E-state index contributed by atoms with van der Waals surface area (Å²) in [6, 6.07) is 4.03. The van der Waals surface area contributed by atoms with E-state index in [4.69, 9.17) is 0 Å². The highest BCUT2D eigenvalue weighted by Crippen LogP contribution is 2.11. The first-order chi connectivity index (χ1) is 9.67. The summed E-state index contributed by atoms with van der Waals surface area (Å²) in [5.74, 6) is 1.59. The minimum absolute atomic E-state index is 0.633. The number of halogens is 1. The zero-order valence-electron chi connectivity index (χ0n) is 12.5. The number of pyridine rings is 1. The molecule has 1 aromatic rings. The number of piperazine rings is 1. The van der Waals surface area contributed by atoms with Crippen LogP contribution in [0.3, 0.4) is 0 Å². The largest absolute Gasteiger partial charge is 0.370 e. The standard InChI is InChI=1S/C15H25BrN4/c1-3-19-6-8-20(9-7-19)12-13(2)10-17-15-5-4-14(16)11-18-15/h4-5,11,13H,3,6-10,12H2,1-2H3,(H,17,18)/t13-/m0/s1. The summed E-state index contributed by atoms with van der Waals surface area (Å²) in [4.78, 5) is 9.44. The van der Waals surface area contributed by atoms with E-state index < -0.39 is 0 Å². The van der Waals surface area contributed by atoms with Crippen LogP contribution in [0.1, 0.15) is 13.8 Å². The monoisotopic (exact) mass is 340 g/mol. The van der Waals surface area contributed by atoms with E-state index in [1.165, 1.54) is 39.3 Å². The third kappa shape index (κ3) is 5.04. The first-order valence-corrected chi connectivity index (χ1v) is 8.27. The van der Waals surface area contributed by atoms with Crippen molar-refractivity contribution in [2.45, 2.75) is 13.8 Å². The lowest BCUT2D eigenvalue weighted by Gasteiger charge is -2.35. The molecule has 0 bridgehead atoms. The Morgan fingerprint density at radius 1 is 1.25 bits per heavy atom. The lowest BCUT2D eigenvalue weighted by atomic mass is 10.1. The topological polar surface area (TPSA) is 31.4 Å². The van der Waals surface area contributed by atoms with Crippen LogP contribution in [-0.4, -0.2) is 60.6 Å². The molecule has 0 unspecified atom stereocenters. The van der Waals surface area contributed by atoms with Crippen molar-refractivity contribution in [3.05, 3.63) is 22.8 Å². The molecule has 0 saturated carbocycles. The van der Waals surface area contributed by atoms with Crippen LogP contribution in [0.25, 0.3) is 0 Å². The molecule has 0 spiro atoms. The number of anilines is 1. The maximum atomic E-state index is 4.34. The highest BCUT2D eigenvalue weighted by molar-refractivity contribution is 9.10. The smallest absolute Gasteiger partial charge is 0.125 e. The van der Waals surface area contributed by atoms with E-state index in [0.717, 1.165) is 16.8 Å². The van der Waals surface area contributed by atoms with Gasteiger partial charge in [-0.25, -0.2) is 4.98 Å². The average molecular weight is 341 g/mol. The number of hydrogen-bond donors (Lipinski definition) is 1. The molecule has 1 saturated heterocycles. The van der Waals surface area contributed by atoms with E-state index in [-0.39, 0.29) is 0 Å². The van der Waals surface area contributed by atoms with Crippen LogP contribution >= 0.6 is 15.9 Å². The fourth-order valence-electron chi connectivity index (χ4n) is 2.55. The van der Waals surface area contributed by atoms with Crippen molar-refractivity contribution in [3.8, 4) is 0 Å². The van der Waals surface area contributed by atoms with Crippen LogP contribution in [0, 0.1) is 5.92 Å². The van der Waals surface area contributed by atoms with Gasteiger partial charge < -0.3 is 15.1 Å². The number of aromatic nitrogens is 1. The molecule has 1 aromatic heterocycles. The molecule has 1 fully saturated rings. The summed E-state index contributed by atoms with van der Waals surface area (Å²) < 4.78 is 1.02. The molecule has 1 atom stereocenters. The number of nitrogens with one attached hydrogen (secondary N) is 1. The predicted octanol–water partition coefficient (Wildman–Crippen LogP) is 2.53. The summed E-state index contributed by atoms with van der Waals surface area (Å²) in [5, 5.41) is 3.41. The number of nitrogens with zero attached hydrogens (tertiary/aromatic N) is 3. The van der Waals surface area contributed by atoms with Gasteiger partial charge in [0.2, 0.25) is 0 Å². The van der Waals surface area contributed by atoms with Crippen molar-refractivity contribution < 1.29 is 0 Å². The van der Waals surface area contributed by atoms with Gasteiger partial charge in [0, 0.05) is 49.9 Å². The second-order valence-electron chi connectivity index (χ2n) is 5.58. The summed E-state index contributed by atoms with van der Waals surface area (Å²) in [7, 11) is 0. The zero-order chi connectivity index (χ0) is 14.4. The molecule has 20 heavy (non-hydrogen) atoms. The minimum atomic E-state index is 0.633. The molecule has 0 amide bonds. The first-order valence-electron chi connectivity index (χ1n) is 7.47. The van der Waals surface area contributed by atoms with Gasteiger partial charge in [-0.3, -0.25) is 0 Å². The van der Waals surface area contributed by atoms with Gasteiger partial charge in [0.05, 0.1) is 0 Å². The Balaban J connectivity index is 1.68. The molecule has 5 heteroatoms. The van der Waals surface area contributed by atoms with Gasteiger partial charge in [0.25, 0.3) is 0 Å². The molecule has 1 aliphatic heterocycles. The van der Waals surface area contributed by atoms with Gasteiger partial charge in [0.1, 0.15) is 5.82 Å². The maximum Gasteiger partial charge on any atom is 0.125 e. The number of rotatable bonds is 6. The van der Waals surface area contributed by atoms with Crippen molar-refractivity contribution in [1.82, 2.24) is 14.8 Å². The molecule has 2 heterocycles. The quantitative estimate of drug-likeness (QED) is 0.862. The molecule has 112 valence electrons. The molecule has 1 aliphatic rings. The van der Waals surface area contributed by atoms with Gasteiger partial charge in [-0.05, 0) is 40.5 Å². The highest BCUT2D eigenvalue weighted by atomic mass is 79.9. The third-order valence-electron chi connectivity index (χ3n) is 3.84. The minimum Gasteiger partial charge on any atom is -0.370 e. The first kappa shape index (κ1) is 15.7. The Labute approximate surface area is 130 Å². The Morgan fingerprint density at radius 3 is 2.55 bits per heavy atom. The summed E-state index contributed by atoms with van der Waals surface area (Å²) >= 11 is 3.40. The Hall–Kier alpha value is -0.650. The van der Waals surface area contributed by atoms with Gasteiger partial charge in [-0.1, -0.05) is 13.8 Å². The van der Waals surface area contributed by atoms with Crippen molar-refractivity contribution in [3.63, 3.8) is 0 Å². The second kappa shape index (κ2) is 7.96. The van der Waals surface area contributed by atoms with Crippen molar-refractivity contribution in [2.24, 2.45) is 5.92 Å². The molecule has 4 nitrogen and oxygen atoms in total. The fourth-order valence-corrected chi connectivity index (χ4v) is 2.79. The lowest BCUT2D eigenvalue weighted by molar-refractivity contribution is 0.126. The number of hydrogen-bond acceptors (Lipinski definition) is 4. The average Bonchev–Trinajstić information content (AvgIpc) is 2.47. The van der Waals surface area contributed by atoms with Crippen LogP contribution < -0.4 is 5.32 Å². The maximum absolute atomic E-state index is 4.34. The van der Waals surface area contributed by atoms with E-state index in [1.807, 2.05) is 18.3 Å². The Morgan fingerprint density at radius 2 is 1.95 bits per heavy atom. The van der Waals surface area contributed by atoms with Crippen molar-refractivity contribution >= 4 is 21.7 Å². The van der Waals surface area contributed by atoms with Crippen LogP contribution in [-0.2, 0) is 0 Å². The molecular weight excluding hydrogens is 316 g/mol. The van der Waals surface area contributed by atoms with E-state index in [2.05, 4.69) is 49.9 Å². The van der Waals surface area contributed by atoms with Crippen molar-refractivity contribution in [2.75, 3.05) is 51.1 Å². The molecular formula is C15H25BrN4. The normalized spacial score (nSPS) is 18.9. The van der Waals surface area contributed by atoms with Gasteiger partial charge in [-0.15, -0.1) is 0 Å².